The largest absolute Gasteiger partial charge is 0.497 e. The molecule has 0 aromatic heterocycles. The van der Waals surface area contributed by atoms with Crippen LogP contribution in [0.3, 0.4) is 0 Å². The van der Waals surface area contributed by atoms with Gasteiger partial charge in [0.05, 0.1) is 27.9 Å². The second-order valence-electron chi connectivity index (χ2n) is 17.6. The molecule has 1 unspecified atom stereocenters. The first-order chi connectivity index (χ1) is 30.4. The Labute approximate surface area is 367 Å². The van der Waals surface area contributed by atoms with Crippen LogP contribution in [0.5, 0.6) is 28.7 Å². The summed E-state index contributed by atoms with van der Waals surface area (Å²) < 4.78 is 36.6. The summed E-state index contributed by atoms with van der Waals surface area (Å²) in [7, 11) is 6.86. The maximum absolute atomic E-state index is 7.82. The highest BCUT2D eigenvalue weighted by molar-refractivity contribution is 6.10. The fraction of sp³-hybridized carbons (Fsp3) is 0.357. The first kappa shape index (κ1) is 41.6. The summed E-state index contributed by atoms with van der Waals surface area (Å²) in [4.78, 5) is 0. The predicted molar refractivity (Wildman–Crippen MR) is 251 cm³/mol. The highest BCUT2D eigenvalue weighted by Crippen LogP contribution is 2.65. The van der Waals surface area contributed by atoms with E-state index in [9.17, 15) is 0 Å². The normalized spacial score (nSPS) is 20.9. The number of rotatable bonds is 15. The van der Waals surface area contributed by atoms with Gasteiger partial charge in [-0.1, -0.05) is 99.8 Å². The van der Waals surface area contributed by atoms with Crippen molar-refractivity contribution in [3.8, 4) is 51.0 Å². The minimum Gasteiger partial charge on any atom is -0.497 e. The lowest BCUT2D eigenvalue weighted by Crippen LogP contribution is -2.38. The minimum absolute atomic E-state index is 0.150. The molecule has 6 aromatic carbocycles. The summed E-state index contributed by atoms with van der Waals surface area (Å²) in [5, 5.41) is 2.20. The third-order valence-corrected chi connectivity index (χ3v) is 14.3. The van der Waals surface area contributed by atoms with Crippen LogP contribution in [0.1, 0.15) is 99.5 Å². The van der Waals surface area contributed by atoms with E-state index in [2.05, 4.69) is 98.8 Å². The lowest BCUT2D eigenvalue weighted by molar-refractivity contribution is 0.116. The predicted octanol–water partition coefficient (Wildman–Crippen LogP) is 13.7. The summed E-state index contributed by atoms with van der Waals surface area (Å²) in [6, 6.07) is 38.7. The molecule has 1 atom stereocenters. The van der Waals surface area contributed by atoms with Crippen molar-refractivity contribution in [3.05, 3.63) is 143 Å². The van der Waals surface area contributed by atoms with Crippen molar-refractivity contribution in [1.29, 1.82) is 0 Å². The highest BCUT2D eigenvalue weighted by Gasteiger charge is 2.52. The van der Waals surface area contributed by atoms with Crippen LogP contribution in [0.4, 0.5) is 0 Å². The van der Waals surface area contributed by atoms with E-state index < -0.39 is 5.60 Å². The van der Waals surface area contributed by atoms with Gasteiger partial charge in [-0.2, -0.15) is 0 Å². The van der Waals surface area contributed by atoms with Gasteiger partial charge in [0.1, 0.15) is 35.4 Å². The molecule has 1 spiro atoms. The fourth-order valence-electron chi connectivity index (χ4n) is 11.2. The van der Waals surface area contributed by atoms with Gasteiger partial charge >= 0.3 is 0 Å². The van der Waals surface area contributed by atoms with E-state index in [1.165, 1.54) is 78.1 Å². The smallest absolute Gasteiger partial charge is 0.178 e. The first-order valence-electron chi connectivity index (χ1n) is 22.6. The Morgan fingerprint density at radius 2 is 1.27 bits per heavy atom. The topological polar surface area (TPSA) is 55.4 Å². The van der Waals surface area contributed by atoms with E-state index in [0.717, 1.165) is 69.2 Å². The summed E-state index contributed by atoms with van der Waals surface area (Å²) >= 11 is 0. The lowest BCUT2D eigenvalue weighted by Gasteiger charge is -2.47. The number of ether oxygens (including phenoxy) is 6. The molecule has 62 heavy (non-hydrogen) atoms. The quantitative estimate of drug-likeness (QED) is 0.0961. The Hall–Kier alpha value is -5.72. The number of hydrogen-bond donors (Lipinski definition) is 0. The van der Waals surface area contributed by atoms with Crippen molar-refractivity contribution in [3.63, 3.8) is 0 Å². The Balaban J connectivity index is 1.31. The molecule has 0 radical (unpaired) electrons. The number of unbranched alkanes of at least 4 members (excludes halogenated alkanes) is 1. The molecule has 0 N–H and O–H groups in total. The third-order valence-electron chi connectivity index (χ3n) is 14.3. The van der Waals surface area contributed by atoms with Crippen LogP contribution in [0.25, 0.3) is 39.1 Å². The second-order valence-corrected chi connectivity index (χ2v) is 17.6. The SMILES string of the molecule is CCCCC1(CCC)CCC2(CC1)c1ccccc1-c1c2c2c(c3cc(OC)c(-c4ccc(OC)cc4)cc13)OC(c1ccc(OC)cc1)(c1ccc(OCCOC)cc1)C=C2. The zero-order valence-corrected chi connectivity index (χ0v) is 37.3. The molecule has 6 nitrogen and oxygen atoms in total. The van der Waals surface area contributed by atoms with Gasteiger partial charge in [-0.3, -0.25) is 0 Å². The summed E-state index contributed by atoms with van der Waals surface area (Å²) in [6.45, 7) is 5.70. The van der Waals surface area contributed by atoms with Gasteiger partial charge in [0.15, 0.2) is 5.60 Å². The summed E-state index contributed by atoms with van der Waals surface area (Å²) in [6.07, 6.45) is 15.7. The first-order valence-corrected chi connectivity index (χ1v) is 22.6. The Morgan fingerprint density at radius 1 is 0.613 bits per heavy atom. The molecule has 1 saturated carbocycles. The molecule has 1 fully saturated rings. The molecule has 1 heterocycles. The molecule has 0 bridgehead atoms. The van der Waals surface area contributed by atoms with Gasteiger partial charge in [-0.25, -0.2) is 0 Å². The standard InChI is InChI=1S/C56H60O6/c1-7-9-28-54(27-8-2)30-32-55(33-31-54)49-13-11-10-12-44(49)51-47-36-46(38-14-20-41(58-4)21-15-38)50(60-6)37-48(47)53-45(52(51)55)26-29-56(62-53,39-16-22-42(59-5)23-17-39)40-18-24-43(25-19-40)61-35-34-57-3/h10-26,29,36-37H,7-9,27-28,30-35H2,1-6H3. The molecule has 0 amide bonds. The van der Waals surface area contributed by atoms with Crippen molar-refractivity contribution in [2.75, 3.05) is 41.7 Å². The molecule has 6 heteroatoms. The second kappa shape index (κ2) is 17.2. The number of hydrogen-bond acceptors (Lipinski definition) is 6. The van der Waals surface area contributed by atoms with Gasteiger partial charge in [-0.15, -0.1) is 0 Å². The van der Waals surface area contributed by atoms with Crippen LogP contribution in [0, 0.1) is 5.41 Å². The molecule has 3 aliphatic rings. The van der Waals surface area contributed by atoms with Crippen LogP contribution in [-0.2, 0) is 15.8 Å². The van der Waals surface area contributed by atoms with Gasteiger partial charge < -0.3 is 28.4 Å². The van der Waals surface area contributed by atoms with Gasteiger partial charge in [0.25, 0.3) is 0 Å². The molecule has 320 valence electrons. The number of benzene rings is 6. The lowest BCUT2D eigenvalue weighted by atomic mass is 9.57. The molecule has 0 saturated heterocycles. The summed E-state index contributed by atoms with van der Waals surface area (Å²) in [5.41, 5.74) is 10.1. The van der Waals surface area contributed by atoms with E-state index >= 15 is 0 Å². The van der Waals surface area contributed by atoms with Crippen molar-refractivity contribution in [1.82, 2.24) is 0 Å². The molecule has 1 aliphatic heterocycles. The monoisotopic (exact) mass is 828 g/mol. The highest BCUT2D eigenvalue weighted by atomic mass is 16.5. The van der Waals surface area contributed by atoms with E-state index in [-0.39, 0.29) is 5.41 Å². The van der Waals surface area contributed by atoms with Crippen LogP contribution in [0.2, 0.25) is 0 Å². The molecular formula is C56H60O6. The van der Waals surface area contributed by atoms with Gasteiger partial charge in [0, 0.05) is 40.2 Å². The van der Waals surface area contributed by atoms with E-state index in [0.29, 0.717) is 18.6 Å². The van der Waals surface area contributed by atoms with Crippen LogP contribution < -0.4 is 23.7 Å². The van der Waals surface area contributed by atoms with E-state index in [1.54, 1.807) is 28.4 Å². The van der Waals surface area contributed by atoms with Gasteiger partial charge in [0.2, 0.25) is 0 Å². The maximum atomic E-state index is 7.82. The van der Waals surface area contributed by atoms with Crippen molar-refractivity contribution < 1.29 is 28.4 Å². The minimum atomic E-state index is -0.963. The zero-order chi connectivity index (χ0) is 42.9. The van der Waals surface area contributed by atoms with Gasteiger partial charge in [-0.05, 0) is 132 Å². The van der Waals surface area contributed by atoms with Crippen molar-refractivity contribution in [2.24, 2.45) is 5.41 Å². The van der Waals surface area contributed by atoms with Crippen molar-refractivity contribution >= 4 is 16.8 Å². The maximum Gasteiger partial charge on any atom is 0.178 e. The van der Waals surface area contributed by atoms with Crippen LogP contribution in [0.15, 0.2) is 115 Å². The molecule has 6 aromatic rings. The van der Waals surface area contributed by atoms with E-state index in [1.807, 2.05) is 36.4 Å². The van der Waals surface area contributed by atoms with E-state index in [4.69, 9.17) is 28.4 Å². The van der Waals surface area contributed by atoms with Crippen LogP contribution in [-0.4, -0.2) is 41.7 Å². The van der Waals surface area contributed by atoms with Crippen molar-refractivity contribution in [2.45, 2.75) is 82.7 Å². The third kappa shape index (κ3) is 7.01. The Bertz CT molecular complexity index is 2560. The molecule has 9 rings (SSSR count). The molecular weight excluding hydrogens is 769 g/mol. The zero-order valence-electron chi connectivity index (χ0n) is 37.3. The fourth-order valence-corrected chi connectivity index (χ4v) is 11.2. The number of fused-ring (bicyclic) bond motifs is 10. The Kier molecular flexibility index (Phi) is 11.6. The summed E-state index contributed by atoms with van der Waals surface area (Å²) in [5.74, 6) is 4.06. The average molecular weight is 829 g/mol. The molecule has 2 aliphatic carbocycles. The average Bonchev–Trinajstić information content (AvgIpc) is 3.61. The number of methoxy groups -OCH3 is 4. The Morgan fingerprint density at radius 3 is 1.90 bits per heavy atom. The van der Waals surface area contributed by atoms with Crippen LogP contribution >= 0.6 is 0 Å².